The molecule has 58 valence electrons. The summed E-state index contributed by atoms with van der Waals surface area (Å²) in [4.78, 5) is 0. The van der Waals surface area contributed by atoms with Crippen LogP contribution < -0.4 is 0 Å². The van der Waals surface area contributed by atoms with Gasteiger partial charge in [-0.2, -0.15) is 0 Å². The van der Waals surface area contributed by atoms with Crippen LogP contribution >= 0.6 is 34.7 Å². The van der Waals surface area contributed by atoms with Crippen molar-refractivity contribution in [3.8, 4) is 5.75 Å². The average molecular weight is 202 g/mol. The zero-order valence-electron chi connectivity index (χ0n) is 5.52. The second kappa shape index (κ2) is 3.99. The van der Waals surface area contributed by atoms with Crippen molar-refractivity contribution in [2.75, 3.05) is 0 Å². The highest BCUT2D eigenvalue weighted by atomic mass is 33.1. The molecule has 4 heteroatoms. The Morgan fingerprint density at radius 3 is 2.36 bits per heavy atom. The van der Waals surface area contributed by atoms with Gasteiger partial charge in [-0.25, -0.2) is 0 Å². The first kappa shape index (κ1) is 8.90. The fourth-order valence-electron chi connectivity index (χ4n) is 0.650. The van der Waals surface area contributed by atoms with E-state index in [1.54, 1.807) is 24.3 Å². The Hall–Kier alpha value is -0.190. The third-order valence-electron chi connectivity index (χ3n) is 1.19. The van der Waals surface area contributed by atoms with E-state index in [2.05, 4.69) is 11.7 Å². The number of hydrogen-bond acceptors (Lipinski definition) is 4. The average Bonchev–Trinajstić information content (AvgIpc) is 2.05. The summed E-state index contributed by atoms with van der Waals surface area (Å²) in [5.41, 5.74) is 0.915. The van der Waals surface area contributed by atoms with Gasteiger partial charge in [0.25, 0.3) is 0 Å². The topological polar surface area (TPSA) is 20.2 Å². The number of thiocarbonyl (C=S) groups is 1. The van der Waals surface area contributed by atoms with E-state index in [4.69, 9.17) is 17.3 Å². The van der Waals surface area contributed by atoms with Crippen LogP contribution in [0.1, 0.15) is 5.56 Å². The molecule has 0 spiro atoms. The first-order chi connectivity index (χ1) is 5.24. The van der Waals surface area contributed by atoms with Gasteiger partial charge in [0, 0.05) is 5.56 Å². The minimum Gasteiger partial charge on any atom is -0.508 e. The smallest absolute Gasteiger partial charge is 0.115 e. The molecule has 0 aliphatic heterocycles. The van der Waals surface area contributed by atoms with Crippen molar-refractivity contribution in [1.29, 1.82) is 0 Å². The molecule has 0 saturated heterocycles. The van der Waals surface area contributed by atoms with Gasteiger partial charge in [0.15, 0.2) is 0 Å². The molecule has 1 aromatic carbocycles. The number of benzene rings is 1. The van der Waals surface area contributed by atoms with E-state index < -0.39 is 0 Å². The highest BCUT2D eigenvalue weighted by molar-refractivity contribution is 8.76. The quantitative estimate of drug-likeness (QED) is 0.415. The van der Waals surface area contributed by atoms with Crippen molar-refractivity contribution >= 4 is 38.9 Å². The maximum Gasteiger partial charge on any atom is 0.115 e. The molecule has 0 radical (unpaired) electrons. The van der Waals surface area contributed by atoms with Crippen LogP contribution in [0.15, 0.2) is 24.3 Å². The molecular weight excluding hydrogens is 196 g/mol. The van der Waals surface area contributed by atoms with E-state index >= 15 is 0 Å². The summed E-state index contributed by atoms with van der Waals surface area (Å²) in [5, 5.41) is 8.94. The molecule has 0 amide bonds. The van der Waals surface area contributed by atoms with Crippen molar-refractivity contribution in [2.24, 2.45) is 0 Å². The van der Waals surface area contributed by atoms with E-state index in [1.807, 2.05) is 0 Å². The summed E-state index contributed by atoms with van der Waals surface area (Å²) in [7, 11) is 1.23. The maximum absolute atomic E-state index is 8.94. The van der Waals surface area contributed by atoms with Gasteiger partial charge in [0.1, 0.15) is 5.75 Å². The van der Waals surface area contributed by atoms with Gasteiger partial charge in [0.05, 0.1) is 4.20 Å². The van der Waals surface area contributed by atoms with Gasteiger partial charge in [-0.05, 0) is 35.1 Å². The van der Waals surface area contributed by atoms with E-state index in [0.29, 0.717) is 4.20 Å². The summed E-state index contributed by atoms with van der Waals surface area (Å²) < 4.78 is 0.716. The minimum absolute atomic E-state index is 0.251. The number of phenolic OH excluding ortho intramolecular Hbond substituents is 1. The lowest BCUT2D eigenvalue weighted by molar-refractivity contribution is 0.475. The molecule has 0 aliphatic rings. The maximum atomic E-state index is 8.94. The first-order valence-electron chi connectivity index (χ1n) is 2.89. The van der Waals surface area contributed by atoms with Gasteiger partial charge in [-0.15, -0.1) is 11.7 Å². The lowest BCUT2D eigenvalue weighted by Gasteiger charge is -1.97. The van der Waals surface area contributed by atoms with Crippen molar-refractivity contribution < 1.29 is 5.11 Å². The number of phenols is 1. The fraction of sp³-hybridized carbons (Fsp3) is 0. The number of hydrogen-bond donors (Lipinski definition) is 2. The van der Waals surface area contributed by atoms with Crippen LogP contribution in [-0.4, -0.2) is 9.30 Å². The van der Waals surface area contributed by atoms with Crippen LogP contribution in [0.3, 0.4) is 0 Å². The van der Waals surface area contributed by atoms with Crippen LogP contribution in [0.4, 0.5) is 0 Å². The highest BCUT2D eigenvalue weighted by Crippen LogP contribution is 2.18. The lowest BCUT2D eigenvalue weighted by Crippen LogP contribution is -1.86. The molecule has 0 aromatic heterocycles. The summed E-state index contributed by atoms with van der Waals surface area (Å²) >= 11 is 8.94. The zero-order chi connectivity index (χ0) is 8.27. The van der Waals surface area contributed by atoms with Crippen molar-refractivity contribution in [1.82, 2.24) is 0 Å². The molecule has 0 bridgehead atoms. The Bertz CT molecular complexity index is 255. The molecule has 1 N–H and O–H groups in total. The fourth-order valence-corrected chi connectivity index (χ4v) is 1.34. The van der Waals surface area contributed by atoms with E-state index in [0.717, 1.165) is 5.56 Å². The Balaban J connectivity index is 2.90. The van der Waals surface area contributed by atoms with Crippen LogP contribution in [0, 0.1) is 0 Å². The molecule has 1 rings (SSSR count). The third kappa shape index (κ3) is 2.39. The Labute approximate surface area is 79.6 Å². The second-order valence-electron chi connectivity index (χ2n) is 1.93. The van der Waals surface area contributed by atoms with Gasteiger partial charge in [0.2, 0.25) is 0 Å². The standard InChI is InChI=1S/C7H6OS3/c8-6-3-1-5(2-4-6)7(9)11-10/h1-4,8,10H. The number of aromatic hydroxyl groups is 1. The van der Waals surface area contributed by atoms with E-state index in [-0.39, 0.29) is 5.75 Å². The molecule has 0 fully saturated rings. The first-order valence-corrected chi connectivity index (χ1v) is 5.16. The van der Waals surface area contributed by atoms with Crippen LogP contribution in [0.5, 0.6) is 5.75 Å². The molecule has 0 heterocycles. The Kier molecular flexibility index (Phi) is 3.23. The molecule has 0 aliphatic carbocycles. The predicted molar refractivity (Wildman–Crippen MR) is 56.4 cm³/mol. The lowest BCUT2D eigenvalue weighted by atomic mass is 10.2. The van der Waals surface area contributed by atoms with Gasteiger partial charge in [-0.3, -0.25) is 0 Å². The number of thiol groups is 1. The second-order valence-corrected chi connectivity index (χ2v) is 3.73. The highest BCUT2D eigenvalue weighted by Gasteiger charge is 1.98. The number of rotatable bonds is 1. The summed E-state index contributed by atoms with van der Waals surface area (Å²) in [6.07, 6.45) is 0. The Morgan fingerprint density at radius 2 is 1.91 bits per heavy atom. The SMILES string of the molecule is Oc1ccc(C(=S)SS)cc1. The van der Waals surface area contributed by atoms with Crippen molar-refractivity contribution in [3.05, 3.63) is 29.8 Å². The summed E-state index contributed by atoms with van der Waals surface area (Å²) in [6, 6.07) is 6.74. The predicted octanol–water partition coefficient (Wildman–Crippen LogP) is 2.65. The molecule has 11 heavy (non-hydrogen) atoms. The summed E-state index contributed by atoms with van der Waals surface area (Å²) in [5.74, 6) is 0.251. The third-order valence-corrected chi connectivity index (χ3v) is 2.99. The molecule has 0 unspecified atom stereocenters. The minimum atomic E-state index is 0.251. The zero-order valence-corrected chi connectivity index (χ0v) is 8.05. The molecule has 0 saturated carbocycles. The van der Waals surface area contributed by atoms with Crippen LogP contribution in [0.25, 0.3) is 0 Å². The van der Waals surface area contributed by atoms with Gasteiger partial charge in [-0.1, -0.05) is 12.2 Å². The van der Waals surface area contributed by atoms with Crippen LogP contribution in [-0.2, 0) is 0 Å². The van der Waals surface area contributed by atoms with Gasteiger partial charge < -0.3 is 5.11 Å². The molecular formula is C7H6OS3. The van der Waals surface area contributed by atoms with E-state index in [1.165, 1.54) is 10.8 Å². The Morgan fingerprint density at radius 1 is 1.36 bits per heavy atom. The van der Waals surface area contributed by atoms with Crippen molar-refractivity contribution in [3.63, 3.8) is 0 Å². The molecule has 1 aromatic rings. The molecule has 0 atom stereocenters. The largest absolute Gasteiger partial charge is 0.508 e. The van der Waals surface area contributed by atoms with Crippen molar-refractivity contribution in [2.45, 2.75) is 0 Å². The van der Waals surface area contributed by atoms with E-state index in [9.17, 15) is 0 Å². The van der Waals surface area contributed by atoms with Gasteiger partial charge >= 0.3 is 0 Å². The normalized spacial score (nSPS) is 9.55. The van der Waals surface area contributed by atoms with Crippen LogP contribution in [0.2, 0.25) is 0 Å². The monoisotopic (exact) mass is 202 g/mol. The molecule has 1 nitrogen and oxygen atoms in total. The summed E-state index contributed by atoms with van der Waals surface area (Å²) in [6.45, 7) is 0.